The van der Waals surface area contributed by atoms with Gasteiger partial charge in [0.15, 0.2) is 11.6 Å². The van der Waals surface area contributed by atoms with E-state index >= 15 is 0 Å². The molecular weight excluding hydrogens is 267 g/mol. The molecule has 0 radical (unpaired) electrons. The molecule has 1 heterocycles. The summed E-state index contributed by atoms with van der Waals surface area (Å²) >= 11 is 0. The molecule has 1 aromatic heterocycles. The van der Waals surface area contributed by atoms with E-state index in [0.29, 0.717) is 12.2 Å². The van der Waals surface area contributed by atoms with Crippen LogP contribution in [0, 0.1) is 5.82 Å². The lowest BCUT2D eigenvalue weighted by Gasteiger charge is -2.11. The summed E-state index contributed by atoms with van der Waals surface area (Å²) in [4.78, 5) is 4.26. The number of nitrogens with two attached hydrogens (primary N) is 1. The number of hydrogen-bond donors (Lipinski definition) is 1. The summed E-state index contributed by atoms with van der Waals surface area (Å²) in [6.07, 6.45) is 1.76. The lowest BCUT2D eigenvalue weighted by molar-refractivity contribution is 0.287. The predicted octanol–water partition coefficient (Wildman–Crippen LogP) is 3.41. The van der Waals surface area contributed by atoms with Crippen molar-refractivity contribution in [2.75, 3.05) is 0 Å². The first-order valence-electron chi connectivity index (χ1n) is 6.72. The average Bonchev–Trinajstić information content (AvgIpc) is 2.53. The molecule has 0 aliphatic rings. The monoisotopic (exact) mass is 282 g/mol. The van der Waals surface area contributed by atoms with Crippen molar-refractivity contribution < 1.29 is 9.13 Å². The number of fused-ring (bicyclic) bond motifs is 1. The van der Waals surface area contributed by atoms with Crippen LogP contribution in [0.15, 0.2) is 54.7 Å². The standard InChI is InChI=1S/C17H15FN2O/c18-15-5-1-3-14(10-19)17(15)21-11-12-6-7-16-13(9-12)4-2-8-20-16/h1-9H,10-11,19H2. The Hall–Kier alpha value is -2.46. The molecule has 3 aromatic rings. The summed E-state index contributed by atoms with van der Waals surface area (Å²) < 4.78 is 19.4. The molecule has 0 spiro atoms. The molecule has 0 saturated carbocycles. The second-order valence-electron chi connectivity index (χ2n) is 4.75. The highest BCUT2D eigenvalue weighted by Crippen LogP contribution is 2.24. The van der Waals surface area contributed by atoms with E-state index in [1.165, 1.54) is 6.07 Å². The fourth-order valence-electron chi connectivity index (χ4n) is 2.25. The number of rotatable bonds is 4. The van der Waals surface area contributed by atoms with Crippen LogP contribution in [-0.2, 0) is 13.2 Å². The maximum absolute atomic E-state index is 13.8. The molecule has 0 aliphatic heterocycles. The van der Waals surface area contributed by atoms with Crippen LogP contribution in [0.1, 0.15) is 11.1 Å². The third kappa shape index (κ3) is 2.85. The molecule has 0 fully saturated rings. The number of pyridine rings is 1. The van der Waals surface area contributed by atoms with Gasteiger partial charge in [0.1, 0.15) is 6.61 Å². The summed E-state index contributed by atoms with van der Waals surface area (Å²) in [5.74, 6) is -0.160. The molecular formula is C17H15FN2O. The summed E-state index contributed by atoms with van der Waals surface area (Å²) in [7, 11) is 0. The number of benzene rings is 2. The minimum absolute atomic E-state index is 0.228. The number of hydrogen-bond acceptors (Lipinski definition) is 3. The fourth-order valence-corrected chi connectivity index (χ4v) is 2.25. The van der Waals surface area contributed by atoms with Crippen molar-refractivity contribution >= 4 is 10.9 Å². The smallest absolute Gasteiger partial charge is 0.165 e. The van der Waals surface area contributed by atoms with Crippen LogP contribution in [-0.4, -0.2) is 4.98 Å². The quantitative estimate of drug-likeness (QED) is 0.797. The van der Waals surface area contributed by atoms with Gasteiger partial charge in [0.25, 0.3) is 0 Å². The molecule has 106 valence electrons. The van der Waals surface area contributed by atoms with E-state index in [1.54, 1.807) is 18.3 Å². The second-order valence-corrected chi connectivity index (χ2v) is 4.75. The van der Waals surface area contributed by atoms with Crippen LogP contribution in [0.4, 0.5) is 4.39 Å². The number of halogens is 1. The van der Waals surface area contributed by atoms with Gasteiger partial charge < -0.3 is 10.5 Å². The van der Waals surface area contributed by atoms with E-state index in [0.717, 1.165) is 16.5 Å². The van der Waals surface area contributed by atoms with Crippen molar-refractivity contribution in [3.8, 4) is 5.75 Å². The molecule has 0 bridgehead atoms. The van der Waals surface area contributed by atoms with Gasteiger partial charge in [-0.3, -0.25) is 4.98 Å². The van der Waals surface area contributed by atoms with Gasteiger partial charge >= 0.3 is 0 Å². The van der Waals surface area contributed by atoms with Gasteiger partial charge in [0.2, 0.25) is 0 Å². The second kappa shape index (κ2) is 5.89. The number of aromatic nitrogens is 1. The Kier molecular flexibility index (Phi) is 3.79. The SMILES string of the molecule is NCc1cccc(F)c1OCc1ccc2ncccc2c1. The Morgan fingerprint density at radius 2 is 2.00 bits per heavy atom. The number of nitrogens with zero attached hydrogens (tertiary/aromatic N) is 1. The molecule has 2 aromatic carbocycles. The largest absolute Gasteiger partial charge is 0.485 e. The normalized spacial score (nSPS) is 10.8. The third-order valence-electron chi connectivity index (χ3n) is 3.32. The summed E-state index contributed by atoms with van der Waals surface area (Å²) in [5.41, 5.74) is 8.16. The minimum Gasteiger partial charge on any atom is -0.485 e. The highest BCUT2D eigenvalue weighted by molar-refractivity contribution is 5.78. The van der Waals surface area contributed by atoms with Crippen molar-refractivity contribution in [3.05, 3.63) is 71.7 Å². The Labute approximate surface area is 122 Å². The number of para-hydroxylation sites is 1. The zero-order valence-corrected chi connectivity index (χ0v) is 11.4. The first-order valence-corrected chi connectivity index (χ1v) is 6.72. The van der Waals surface area contributed by atoms with Gasteiger partial charge in [0.05, 0.1) is 5.52 Å². The van der Waals surface area contributed by atoms with E-state index < -0.39 is 0 Å². The summed E-state index contributed by atoms with van der Waals surface area (Å²) in [6, 6.07) is 14.5. The summed E-state index contributed by atoms with van der Waals surface area (Å²) in [6.45, 7) is 0.535. The van der Waals surface area contributed by atoms with Gasteiger partial charge in [-0.1, -0.05) is 24.3 Å². The first kappa shape index (κ1) is 13.5. The lowest BCUT2D eigenvalue weighted by atomic mass is 10.1. The van der Waals surface area contributed by atoms with Gasteiger partial charge in [-0.05, 0) is 29.8 Å². The molecule has 0 aliphatic carbocycles. The molecule has 21 heavy (non-hydrogen) atoms. The predicted molar refractivity (Wildman–Crippen MR) is 80.4 cm³/mol. The van der Waals surface area contributed by atoms with E-state index in [1.807, 2.05) is 30.3 Å². The van der Waals surface area contributed by atoms with Crippen molar-refractivity contribution in [1.29, 1.82) is 0 Å². The zero-order valence-electron chi connectivity index (χ0n) is 11.4. The molecule has 2 N–H and O–H groups in total. The zero-order chi connectivity index (χ0) is 14.7. The lowest BCUT2D eigenvalue weighted by Crippen LogP contribution is -2.04. The fraction of sp³-hybridized carbons (Fsp3) is 0.118. The molecule has 0 saturated heterocycles. The molecule has 3 rings (SSSR count). The van der Waals surface area contributed by atoms with Gasteiger partial charge in [-0.15, -0.1) is 0 Å². The van der Waals surface area contributed by atoms with Crippen LogP contribution < -0.4 is 10.5 Å². The van der Waals surface area contributed by atoms with Gasteiger partial charge in [-0.2, -0.15) is 0 Å². The number of ether oxygens (including phenoxy) is 1. The topological polar surface area (TPSA) is 48.1 Å². The van der Waals surface area contributed by atoms with Crippen LogP contribution in [0.25, 0.3) is 10.9 Å². The highest BCUT2D eigenvalue weighted by Gasteiger charge is 2.09. The summed E-state index contributed by atoms with van der Waals surface area (Å²) in [5, 5.41) is 1.03. The van der Waals surface area contributed by atoms with Crippen LogP contribution in [0.2, 0.25) is 0 Å². The van der Waals surface area contributed by atoms with Crippen molar-refractivity contribution in [3.63, 3.8) is 0 Å². The molecule has 4 heteroatoms. The molecule has 0 unspecified atom stereocenters. The Morgan fingerprint density at radius 1 is 1.10 bits per heavy atom. The molecule has 0 atom stereocenters. The molecule has 0 amide bonds. The van der Waals surface area contributed by atoms with Crippen LogP contribution >= 0.6 is 0 Å². The Balaban J connectivity index is 1.83. The first-order chi connectivity index (χ1) is 10.3. The van der Waals surface area contributed by atoms with E-state index in [2.05, 4.69) is 4.98 Å². The Morgan fingerprint density at radius 3 is 2.86 bits per heavy atom. The third-order valence-corrected chi connectivity index (χ3v) is 3.32. The maximum Gasteiger partial charge on any atom is 0.165 e. The van der Waals surface area contributed by atoms with Gasteiger partial charge in [-0.25, -0.2) is 4.39 Å². The maximum atomic E-state index is 13.8. The van der Waals surface area contributed by atoms with Crippen molar-refractivity contribution in [1.82, 2.24) is 4.98 Å². The minimum atomic E-state index is -0.389. The van der Waals surface area contributed by atoms with Gasteiger partial charge in [0, 0.05) is 23.7 Å². The van der Waals surface area contributed by atoms with Crippen LogP contribution in [0.5, 0.6) is 5.75 Å². The van der Waals surface area contributed by atoms with Crippen LogP contribution in [0.3, 0.4) is 0 Å². The van der Waals surface area contributed by atoms with Crippen molar-refractivity contribution in [2.24, 2.45) is 5.73 Å². The van der Waals surface area contributed by atoms with E-state index in [-0.39, 0.29) is 18.1 Å². The molecule has 3 nitrogen and oxygen atoms in total. The highest BCUT2D eigenvalue weighted by atomic mass is 19.1. The Bertz CT molecular complexity index is 774. The average molecular weight is 282 g/mol. The van der Waals surface area contributed by atoms with Crippen molar-refractivity contribution in [2.45, 2.75) is 13.2 Å². The van der Waals surface area contributed by atoms with E-state index in [4.69, 9.17) is 10.5 Å². The van der Waals surface area contributed by atoms with E-state index in [9.17, 15) is 4.39 Å².